The summed E-state index contributed by atoms with van der Waals surface area (Å²) in [7, 11) is 0. The van der Waals surface area contributed by atoms with E-state index in [4.69, 9.17) is 5.11 Å². The summed E-state index contributed by atoms with van der Waals surface area (Å²) in [6.45, 7) is 1.73. The van der Waals surface area contributed by atoms with Crippen molar-refractivity contribution >= 4 is 5.97 Å². The van der Waals surface area contributed by atoms with Crippen LogP contribution in [0, 0.1) is 0 Å². The molecule has 1 N–H and O–H groups in total. The van der Waals surface area contributed by atoms with Gasteiger partial charge in [0.25, 0.3) is 0 Å². The normalized spacial score (nSPS) is 20.8. The highest BCUT2D eigenvalue weighted by Crippen LogP contribution is 2.20. The maximum Gasteiger partial charge on any atom is 0.304 e. The lowest BCUT2D eigenvalue weighted by Crippen LogP contribution is -2.41. The number of nitrogens with zero attached hydrogens (tertiary/aromatic N) is 1. The van der Waals surface area contributed by atoms with Crippen molar-refractivity contribution in [1.82, 2.24) is 4.90 Å². The van der Waals surface area contributed by atoms with Gasteiger partial charge in [0.05, 0.1) is 6.42 Å². The van der Waals surface area contributed by atoms with E-state index in [9.17, 15) is 4.79 Å². The molecule has 0 bridgehead atoms. The second kappa shape index (κ2) is 6.55. The number of carboxylic acids is 1. The lowest BCUT2D eigenvalue weighted by molar-refractivity contribution is -0.137. The standard InChI is InChI=1S/C15H21NO2/c17-15(18)9-11-16-10-5-4-8-14(16)12-13-6-2-1-3-7-13/h1-3,6-7,14H,4-5,8-12H2,(H,17,18)/t14-/m1/s1. The molecule has 2 rings (SSSR count). The first-order valence-corrected chi connectivity index (χ1v) is 6.75. The van der Waals surface area contributed by atoms with Crippen LogP contribution < -0.4 is 0 Å². The van der Waals surface area contributed by atoms with Gasteiger partial charge in [0.2, 0.25) is 0 Å². The van der Waals surface area contributed by atoms with Crippen molar-refractivity contribution < 1.29 is 9.90 Å². The number of carbonyl (C=O) groups is 1. The number of hydrogen-bond acceptors (Lipinski definition) is 2. The van der Waals surface area contributed by atoms with Crippen LogP contribution in [0.3, 0.4) is 0 Å². The molecule has 98 valence electrons. The van der Waals surface area contributed by atoms with Crippen LogP contribution in [-0.4, -0.2) is 35.1 Å². The van der Waals surface area contributed by atoms with Crippen LogP contribution in [0.4, 0.5) is 0 Å². The minimum Gasteiger partial charge on any atom is -0.481 e. The maximum atomic E-state index is 10.7. The molecule has 18 heavy (non-hydrogen) atoms. The van der Waals surface area contributed by atoms with Gasteiger partial charge in [-0.1, -0.05) is 36.8 Å². The summed E-state index contributed by atoms with van der Waals surface area (Å²) in [5.41, 5.74) is 1.35. The van der Waals surface area contributed by atoms with E-state index in [-0.39, 0.29) is 6.42 Å². The number of hydrogen-bond donors (Lipinski definition) is 1. The molecule has 1 saturated heterocycles. The fourth-order valence-corrected chi connectivity index (χ4v) is 2.71. The molecule has 0 aliphatic carbocycles. The van der Waals surface area contributed by atoms with E-state index in [2.05, 4.69) is 29.2 Å². The van der Waals surface area contributed by atoms with Gasteiger partial charge in [0, 0.05) is 12.6 Å². The molecule has 0 amide bonds. The molecule has 1 aliphatic rings. The van der Waals surface area contributed by atoms with Crippen molar-refractivity contribution in [3.63, 3.8) is 0 Å². The van der Waals surface area contributed by atoms with E-state index < -0.39 is 5.97 Å². The van der Waals surface area contributed by atoms with Crippen LogP contribution in [0.5, 0.6) is 0 Å². The zero-order valence-electron chi connectivity index (χ0n) is 10.7. The quantitative estimate of drug-likeness (QED) is 0.869. The Hall–Kier alpha value is -1.35. The molecule has 0 aromatic heterocycles. The van der Waals surface area contributed by atoms with E-state index in [1.54, 1.807) is 0 Å². The Balaban J connectivity index is 1.93. The van der Waals surface area contributed by atoms with Crippen molar-refractivity contribution in [3.05, 3.63) is 35.9 Å². The lowest BCUT2D eigenvalue weighted by atomic mass is 9.95. The van der Waals surface area contributed by atoms with E-state index in [1.165, 1.54) is 24.8 Å². The largest absolute Gasteiger partial charge is 0.481 e. The van der Waals surface area contributed by atoms with Gasteiger partial charge in [-0.15, -0.1) is 0 Å². The molecular weight excluding hydrogens is 226 g/mol. The molecule has 0 radical (unpaired) electrons. The highest BCUT2D eigenvalue weighted by atomic mass is 16.4. The Morgan fingerprint density at radius 3 is 2.78 bits per heavy atom. The molecular formula is C15H21NO2. The number of likely N-dealkylation sites (tertiary alicyclic amines) is 1. The third-order valence-electron chi connectivity index (χ3n) is 3.68. The predicted octanol–water partition coefficient (Wildman–Crippen LogP) is 2.56. The minimum atomic E-state index is -0.695. The van der Waals surface area contributed by atoms with Gasteiger partial charge in [-0.25, -0.2) is 0 Å². The monoisotopic (exact) mass is 247 g/mol. The molecule has 1 aromatic rings. The first kappa shape index (κ1) is 13.1. The van der Waals surface area contributed by atoms with Crippen LogP contribution >= 0.6 is 0 Å². The van der Waals surface area contributed by atoms with Gasteiger partial charge < -0.3 is 5.11 Å². The van der Waals surface area contributed by atoms with E-state index in [0.29, 0.717) is 12.6 Å². The Bertz CT molecular complexity index is 377. The zero-order chi connectivity index (χ0) is 12.8. The highest BCUT2D eigenvalue weighted by Gasteiger charge is 2.22. The van der Waals surface area contributed by atoms with Crippen LogP contribution in [0.25, 0.3) is 0 Å². The Morgan fingerprint density at radius 1 is 1.28 bits per heavy atom. The van der Waals surface area contributed by atoms with Crippen molar-refractivity contribution in [2.45, 2.75) is 38.1 Å². The Morgan fingerprint density at radius 2 is 2.06 bits per heavy atom. The first-order valence-electron chi connectivity index (χ1n) is 6.75. The van der Waals surface area contributed by atoms with Gasteiger partial charge in [0.15, 0.2) is 0 Å². The molecule has 1 fully saturated rings. The summed E-state index contributed by atoms with van der Waals surface area (Å²) in [5, 5.41) is 8.79. The Labute approximate surface area is 108 Å². The van der Waals surface area contributed by atoms with Crippen molar-refractivity contribution in [2.75, 3.05) is 13.1 Å². The van der Waals surface area contributed by atoms with E-state index in [1.807, 2.05) is 6.07 Å². The fraction of sp³-hybridized carbons (Fsp3) is 0.533. The van der Waals surface area contributed by atoms with Crippen molar-refractivity contribution in [2.24, 2.45) is 0 Å². The molecule has 0 unspecified atom stereocenters. The summed E-state index contributed by atoms with van der Waals surface area (Å²) in [6, 6.07) is 11.0. The molecule has 1 heterocycles. The molecule has 0 spiro atoms. The van der Waals surface area contributed by atoms with Gasteiger partial charge in [0.1, 0.15) is 0 Å². The summed E-state index contributed by atoms with van der Waals surface area (Å²) in [6.07, 6.45) is 4.95. The molecule has 1 atom stereocenters. The van der Waals surface area contributed by atoms with E-state index >= 15 is 0 Å². The summed E-state index contributed by atoms with van der Waals surface area (Å²) in [5.74, 6) is -0.695. The number of aliphatic carboxylic acids is 1. The lowest BCUT2D eigenvalue weighted by Gasteiger charge is -2.35. The molecule has 3 nitrogen and oxygen atoms in total. The molecule has 3 heteroatoms. The Kier molecular flexibility index (Phi) is 4.76. The number of carboxylic acid groups (broad SMARTS) is 1. The van der Waals surface area contributed by atoms with Gasteiger partial charge in [-0.2, -0.15) is 0 Å². The third kappa shape index (κ3) is 3.84. The van der Waals surface area contributed by atoms with Gasteiger partial charge in [-0.3, -0.25) is 9.69 Å². The van der Waals surface area contributed by atoms with E-state index in [0.717, 1.165) is 13.0 Å². The summed E-state index contributed by atoms with van der Waals surface area (Å²) >= 11 is 0. The molecule has 1 aromatic carbocycles. The smallest absolute Gasteiger partial charge is 0.304 e. The average Bonchev–Trinajstić information content (AvgIpc) is 2.39. The van der Waals surface area contributed by atoms with Gasteiger partial charge >= 0.3 is 5.97 Å². The van der Waals surface area contributed by atoms with Crippen molar-refractivity contribution in [1.29, 1.82) is 0 Å². The second-order valence-corrected chi connectivity index (χ2v) is 5.02. The van der Waals surface area contributed by atoms with Crippen molar-refractivity contribution in [3.8, 4) is 0 Å². The average molecular weight is 247 g/mol. The molecule has 1 aliphatic heterocycles. The topological polar surface area (TPSA) is 40.5 Å². The molecule has 0 saturated carbocycles. The maximum absolute atomic E-state index is 10.7. The highest BCUT2D eigenvalue weighted by molar-refractivity contribution is 5.66. The van der Waals surface area contributed by atoms with Crippen LogP contribution in [0.15, 0.2) is 30.3 Å². The van der Waals surface area contributed by atoms with Crippen LogP contribution in [-0.2, 0) is 11.2 Å². The second-order valence-electron chi connectivity index (χ2n) is 5.02. The fourth-order valence-electron chi connectivity index (χ4n) is 2.71. The van der Waals surface area contributed by atoms with Gasteiger partial charge in [-0.05, 0) is 31.4 Å². The zero-order valence-corrected chi connectivity index (χ0v) is 10.7. The minimum absolute atomic E-state index is 0.255. The predicted molar refractivity (Wildman–Crippen MR) is 71.6 cm³/mol. The summed E-state index contributed by atoms with van der Waals surface area (Å²) in [4.78, 5) is 13.0. The van der Waals surface area contributed by atoms with Crippen LogP contribution in [0.2, 0.25) is 0 Å². The first-order chi connectivity index (χ1) is 8.75. The number of piperidine rings is 1. The number of rotatable bonds is 5. The number of benzene rings is 1. The SMILES string of the molecule is O=C(O)CCN1CCCC[C@@H]1Cc1ccccc1. The summed E-state index contributed by atoms with van der Waals surface area (Å²) < 4.78 is 0. The van der Waals surface area contributed by atoms with Crippen LogP contribution in [0.1, 0.15) is 31.2 Å². The third-order valence-corrected chi connectivity index (χ3v) is 3.68.